The zero-order valence-electron chi connectivity index (χ0n) is 26.7. The number of alkyl halides is 6. The average Bonchev–Trinajstić information content (AvgIpc) is 3.53. The van der Waals surface area contributed by atoms with Crippen molar-refractivity contribution in [1.29, 1.82) is 0 Å². The van der Waals surface area contributed by atoms with Crippen LogP contribution in [0.25, 0.3) is 0 Å². The molecule has 282 valence electrons. The van der Waals surface area contributed by atoms with Crippen LogP contribution in [0.2, 0.25) is 0 Å². The summed E-state index contributed by atoms with van der Waals surface area (Å²) in [4.78, 5) is 28.5. The van der Waals surface area contributed by atoms with Crippen LogP contribution in [0.3, 0.4) is 0 Å². The molecule has 8 nitrogen and oxygen atoms in total. The molecule has 52 heavy (non-hydrogen) atoms. The van der Waals surface area contributed by atoms with Gasteiger partial charge in [-0.05, 0) is 51.8 Å². The average molecular weight is 831 g/mol. The quantitative estimate of drug-likeness (QED) is 0.138. The maximum Gasteiger partial charge on any atom is 0.430 e. The van der Waals surface area contributed by atoms with Crippen LogP contribution in [-0.2, 0) is 31.6 Å². The number of urea groups is 1. The number of aldehydes is 1. The fourth-order valence-electron chi connectivity index (χ4n) is 6.37. The number of sulfone groups is 1. The number of halogens is 10. The Morgan fingerprint density at radius 1 is 0.827 bits per heavy atom. The Bertz CT molecular complexity index is 1870. The summed E-state index contributed by atoms with van der Waals surface area (Å²) in [5, 5.41) is -1.48. The van der Waals surface area contributed by atoms with Gasteiger partial charge in [0.2, 0.25) is 0 Å². The second kappa shape index (κ2) is 15.0. The van der Waals surface area contributed by atoms with Crippen molar-refractivity contribution in [2.24, 2.45) is 0 Å². The van der Waals surface area contributed by atoms with Gasteiger partial charge >= 0.3 is 18.4 Å². The second-order valence-electron chi connectivity index (χ2n) is 12.2. The standard InChI is InChI=1S/C33H29BrF9N3O5S/c34-25-16-22(8-9-28(25)37)52(49,50)29-18-46(30(48)45-12-10-44(11-13-45)14-15-47)17-23(29)20-4-6-21(7-5-20)31(32(38,39)40,33(41,42)43)51-19-24-26(35)2-1-3-27(24)36/h1-9,15-16,23,29H,10-14,17-19H2/t23-,29+/m0/s1. The zero-order valence-corrected chi connectivity index (χ0v) is 29.1. The summed E-state index contributed by atoms with van der Waals surface area (Å²) in [5.74, 6) is -4.84. The van der Waals surface area contributed by atoms with Gasteiger partial charge in [0.25, 0.3) is 5.60 Å². The molecule has 0 unspecified atom stereocenters. The summed E-state index contributed by atoms with van der Waals surface area (Å²) in [6, 6.07) is 6.99. The number of hydrogen-bond donors (Lipinski definition) is 0. The van der Waals surface area contributed by atoms with Crippen molar-refractivity contribution in [3.63, 3.8) is 0 Å². The molecule has 2 heterocycles. The molecule has 2 saturated heterocycles. The van der Waals surface area contributed by atoms with E-state index < -0.39 is 86.7 Å². The Morgan fingerprint density at radius 3 is 1.96 bits per heavy atom. The Morgan fingerprint density at radius 2 is 1.42 bits per heavy atom. The lowest BCUT2D eigenvalue weighted by atomic mass is 9.88. The van der Waals surface area contributed by atoms with Crippen LogP contribution in [0.4, 0.5) is 44.3 Å². The normalized spacial score (nSPS) is 19.3. The van der Waals surface area contributed by atoms with Gasteiger partial charge in [0.1, 0.15) is 23.7 Å². The van der Waals surface area contributed by atoms with Crippen LogP contribution >= 0.6 is 15.9 Å². The van der Waals surface area contributed by atoms with Crippen LogP contribution in [0, 0.1) is 17.5 Å². The molecule has 0 aliphatic carbocycles. The van der Waals surface area contributed by atoms with Gasteiger partial charge in [-0.15, -0.1) is 0 Å². The van der Waals surface area contributed by atoms with Gasteiger partial charge in [0.05, 0.1) is 27.8 Å². The van der Waals surface area contributed by atoms with Gasteiger partial charge in [0, 0.05) is 56.3 Å². The largest absolute Gasteiger partial charge is 0.430 e. The lowest BCUT2D eigenvalue weighted by molar-refractivity contribution is -0.392. The monoisotopic (exact) mass is 829 g/mol. The summed E-state index contributed by atoms with van der Waals surface area (Å²) in [5.41, 5.74) is -7.79. The first-order valence-electron chi connectivity index (χ1n) is 15.5. The number of ether oxygens (including phenoxy) is 1. The van der Waals surface area contributed by atoms with Gasteiger partial charge in [-0.2, -0.15) is 26.3 Å². The van der Waals surface area contributed by atoms with Gasteiger partial charge in [-0.25, -0.2) is 26.4 Å². The van der Waals surface area contributed by atoms with Crippen LogP contribution in [0.5, 0.6) is 0 Å². The molecule has 0 spiro atoms. The minimum atomic E-state index is -6.21. The van der Waals surface area contributed by atoms with Gasteiger partial charge < -0.3 is 19.3 Å². The first-order chi connectivity index (χ1) is 24.3. The highest BCUT2D eigenvalue weighted by Gasteiger charge is 2.73. The molecule has 0 bridgehead atoms. The molecule has 2 atom stereocenters. The van der Waals surface area contributed by atoms with Crippen LogP contribution < -0.4 is 0 Å². The molecule has 5 rings (SSSR count). The molecular formula is C33H29BrF9N3O5S. The first-order valence-corrected chi connectivity index (χ1v) is 17.8. The number of carbonyl (C=O) groups is 2. The Balaban J connectivity index is 1.52. The number of nitrogens with zero attached hydrogens (tertiary/aromatic N) is 3. The van der Waals surface area contributed by atoms with Crippen LogP contribution in [-0.4, -0.2) is 98.9 Å². The summed E-state index contributed by atoms with van der Waals surface area (Å²) < 4.78 is 162. The highest BCUT2D eigenvalue weighted by Crippen LogP contribution is 2.53. The molecule has 0 N–H and O–H groups in total. The van der Waals surface area contributed by atoms with E-state index in [-0.39, 0.29) is 41.1 Å². The van der Waals surface area contributed by atoms with E-state index in [4.69, 9.17) is 0 Å². The summed E-state index contributed by atoms with van der Waals surface area (Å²) in [6.45, 7) is -1.27. The second-order valence-corrected chi connectivity index (χ2v) is 15.2. The third kappa shape index (κ3) is 7.54. The summed E-state index contributed by atoms with van der Waals surface area (Å²) in [7, 11) is -4.43. The smallest absolute Gasteiger partial charge is 0.349 e. The predicted molar refractivity (Wildman–Crippen MR) is 170 cm³/mol. The third-order valence-corrected chi connectivity index (χ3v) is 12.0. The number of rotatable bonds is 9. The van der Waals surface area contributed by atoms with E-state index in [1.54, 1.807) is 4.90 Å². The van der Waals surface area contributed by atoms with E-state index in [1.165, 1.54) is 9.80 Å². The van der Waals surface area contributed by atoms with E-state index in [2.05, 4.69) is 20.7 Å². The van der Waals surface area contributed by atoms with Gasteiger partial charge in [-0.1, -0.05) is 30.3 Å². The van der Waals surface area contributed by atoms with Gasteiger partial charge in [0.15, 0.2) is 9.84 Å². The molecule has 0 saturated carbocycles. The number of carbonyl (C=O) groups excluding carboxylic acids is 2. The zero-order chi connectivity index (χ0) is 38.2. The van der Waals surface area contributed by atoms with Gasteiger partial charge in [-0.3, -0.25) is 4.90 Å². The molecule has 0 aromatic heterocycles. The molecule has 0 radical (unpaired) electrons. The number of hydrogen-bond acceptors (Lipinski definition) is 6. The number of benzene rings is 3. The first kappa shape index (κ1) is 39.5. The summed E-state index contributed by atoms with van der Waals surface area (Å²) in [6.07, 6.45) is -11.7. The molecule has 2 fully saturated rings. The van der Waals surface area contributed by atoms with Crippen molar-refractivity contribution < 1.29 is 62.3 Å². The summed E-state index contributed by atoms with van der Waals surface area (Å²) >= 11 is 2.93. The maximum atomic E-state index is 14.5. The lowest BCUT2D eigenvalue weighted by Crippen LogP contribution is -2.55. The number of piperazine rings is 1. The topological polar surface area (TPSA) is 87.2 Å². The molecule has 3 aromatic carbocycles. The Hall–Kier alpha value is -3.68. The van der Waals surface area contributed by atoms with Crippen molar-refractivity contribution in [3.8, 4) is 0 Å². The number of likely N-dealkylation sites (tertiary alicyclic amines) is 1. The van der Waals surface area contributed by atoms with E-state index >= 15 is 0 Å². The van der Waals surface area contributed by atoms with Crippen molar-refractivity contribution in [1.82, 2.24) is 14.7 Å². The highest BCUT2D eigenvalue weighted by molar-refractivity contribution is 9.10. The van der Waals surface area contributed by atoms with Crippen LogP contribution in [0.15, 0.2) is 70.0 Å². The van der Waals surface area contributed by atoms with E-state index in [0.717, 1.165) is 36.4 Å². The van der Waals surface area contributed by atoms with Crippen LogP contribution in [0.1, 0.15) is 22.6 Å². The maximum absolute atomic E-state index is 14.5. The fraction of sp³-hybridized carbons (Fsp3) is 0.394. The molecule has 19 heteroatoms. The Labute approximate surface area is 300 Å². The fourth-order valence-corrected chi connectivity index (χ4v) is 8.84. The number of amides is 2. The van der Waals surface area contributed by atoms with E-state index in [1.807, 2.05) is 0 Å². The van der Waals surface area contributed by atoms with Crippen molar-refractivity contribution in [2.45, 2.75) is 40.6 Å². The minimum absolute atomic E-state index is 0.0528. The van der Waals surface area contributed by atoms with E-state index in [9.17, 15) is 57.5 Å². The molecular weight excluding hydrogens is 801 g/mol. The molecule has 2 amide bonds. The lowest BCUT2D eigenvalue weighted by Gasteiger charge is -2.37. The van der Waals surface area contributed by atoms with E-state index in [0.29, 0.717) is 43.6 Å². The molecule has 2 aliphatic heterocycles. The highest BCUT2D eigenvalue weighted by atomic mass is 79.9. The third-order valence-electron chi connectivity index (χ3n) is 9.17. The molecule has 2 aliphatic rings. The van der Waals surface area contributed by atoms with Crippen molar-refractivity contribution >= 4 is 38.1 Å². The Kier molecular flexibility index (Phi) is 11.4. The van der Waals surface area contributed by atoms with Crippen molar-refractivity contribution in [3.05, 3.63) is 99.3 Å². The SMILES string of the molecule is O=CCN1CCN(C(=O)N2C[C@@H](S(=O)(=O)c3ccc(F)c(Br)c3)[C@H](c3ccc(C(OCc4c(F)cccc4F)(C(F)(F)F)C(F)(F)F)cc3)C2)CC1. The van der Waals surface area contributed by atoms with Crippen molar-refractivity contribution in [2.75, 3.05) is 45.8 Å². The molecule has 3 aromatic rings. The minimum Gasteiger partial charge on any atom is -0.349 e. The predicted octanol–water partition coefficient (Wildman–Crippen LogP) is 6.58.